The fourth-order valence-electron chi connectivity index (χ4n) is 2.54. The van der Waals surface area contributed by atoms with Gasteiger partial charge in [-0.15, -0.1) is 11.8 Å². The van der Waals surface area contributed by atoms with Crippen molar-refractivity contribution >= 4 is 27.3 Å². The average Bonchev–Trinajstić information content (AvgIpc) is 2.60. The van der Waals surface area contributed by atoms with Crippen molar-refractivity contribution in [1.82, 2.24) is 0 Å². The van der Waals surface area contributed by atoms with Gasteiger partial charge in [-0.25, -0.2) is 8.42 Å². The largest absolute Gasteiger partial charge is 0.349 e. The third kappa shape index (κ3) is 4.94. The first-order valence-electron chi connectivity index (χ1n) is 8.47. The molecule has 2 aromatic rings. The van der Waals surface area contributed by atoms with Crippen LogP contribution in [0.2, 0.25) is 0 Å². The Morgan fingerprint density at radius 3 is 2.22 bits per heavy atom. The second-order valence-electron chi connectivity index (χ2n) is 7.25. The van der Waals surface area contributed by atoms with Crippen LogP contribution in [0.1, 0.15) is 31.9 Å². The lowest BCUT2D eigenvalue weighted by atomic mass is 9.87. The lowest BCUT2D eigenvalue weighted by Gasteiger charge is -2.19. The molecule has 0 saturated carbocycles. The van der Waals surface area contributed by atoms with Crippen LogP contribution in [0.25, 0.3) is 0 Å². The number of anilines is 1. The maximum atomic E-state index is 13.0. The van der Waals surface area contributed by atoms with Crippen LogP contribution in [-0.2, 0) is 15.3 Å². The van der Waals surface area contributed by atoms with Gasteiger partial charge in [0.1, 0.15) is 11.1 Å². The van der Waals surface area contributed by atoms with Gasteiger partial charge >= 0.3 is 0 Å². The van der Waals surface area contributed by atoms with E-state index in [9.17, 15) is 13.7 Å². The number of nitrogens with zero attached hydrogens (tertiary/aromatic N) is 1. The van der Waals surface area contributed by atoms with Gasteiger partial charge in [0, 0.05) is 5.69 Å². The Morgan fingerprint density at radius 2 is 1.74 bits per heavy atom. The number of nitrogens with one attached hydrogen (secondary N) is 1. The second kappa shape index (κ2) is 8.20. The van der Waals surface area contributed by atoms with Crippen molar-refractivity contribution in [2.45, 2.75) is 38.0 Å². The highest BCUT2D eigenvalue weighted by Crippen LogP contribution is 2.30. The summed E-state index contributed by atoms with van der Waals surface area (Å²) in [6.07, 6.45) is 1.74. The fraction of sp³-hybridized carbons (Fsp3) is 0.286. The summed E-state index contributed by atoms with van der Waals surface area (Å²) in [5, 5.41) is 13.0. The summed E-state index contributed by atoms with van der Waals surface area (Å²) in [6, 6.07) is 16.2. The Hall–Kier alpha value is -2.23. The highest BCUT2D eigenvalue weighted by molar-refractivity contribution is 8.04. The summed E-state index contributed by atoms with van der Waals surface area (Å²) in [7, 11) is -3.92. The van der Waals surface area contributed by atoms with Crippen LogP contribution in [0, 0.1) is 18.3 Å². The molecule has 4 nitrogen and oxygen atoms in total. The standard InChI is InChI=1S/C21H24N2O2S2/c1-15-7-6-8-17(13-15)23-20(26-5)19(14-22)27(24,25)18-11-9-16(10-12-18)21(2,3)4/h6-13,23H,1-5H3. The van der Waals surface area contributed by atoms with Crippen molar-refractivity contribution in [3.05, 3.63) is 69.6 Å². The number of allylic oxidation sites excluding steroid dienone is 1. The molecule has 0 atom stereocenters. The number of sulfone groups is 1. The second-order valence-corrected chi connectivity index (χ2v) is 9.95. The van der Waals surface area contributed by atoms with Gasteiger partial charge in [0.2, 0.25) is 9.84 Å². The topological polar surface area (TPSA) is 70.0 Å². The molecule has 0 bridgehead atoms. The number of hydrogen-bond acceptors (Lipinski definition) is 5. The third-order valence-corrected chi connectivity index (χ3v) is 6.66. The molecule has 0 amide bonds. The number of nitriles is 1. The smallest absolute Gasteiger partial charge is 0.219 e. The highest BCUT2D eigenvalue weighted by atomic mass is 32.2. The normalized spacial score (nSPS) is 12.9. The molecule has 142 valence electrons. The van der Waals surface area contributed by atoms with Crippen LogP contribution >= 0.6 is 11.8 Å². The van der Waals surface area contributed by atoms with E-state index in [1.165, 1.54) is 11.8 Å². The number of thioether (sulfide) groups is 1. The zero-order valence-electron chi connectivity index (χ0n) is 16.2. The molecule has 0 heterocycles. The Labute approximate surface area is 166 Å². The first kappa shape index (κ1) is 21.1. The molecule has 0 aliphatic carbocycles. The molecular weight excluding hydrogens is 376 g/mol. The van der Waals surface area contributed by atoms with Crippen molar-refractivity contribution in [1.29, 1.82) is 5.26 Å². The van der Waals surface area contributed by atoms with Gasteiger partial charge in [-0.3, -0.25) is 0 Å². The maximum absolute atomic E-state index is 13.0. The van der Waals surface area contributed by atoms with Crippen molar-refractivity contribution < 1.29 is 8.42 Å². The van der Waals surface area contributed by atoms with E-state index in [-0.39, 0.29) is 15.2 Å². The van der Waals surface area contributed by atoms with E-state index < -0.39 is 9.84 Å². The van der Waals surface area contributed by atoms with Crippen molar-refractivity contribution in [2.75, 3.05) is 11.6 Å². The van der Waals surface area contributed by atoms with Crippen molar-refractivity contribution in [3.8, 4) is 6.07 Å². The molecule has 0 saturated heterocycles. The Kier molecular flexibility index (Phi) is 6.40. The van der Waals surface area contributed by atoms with Gasteiger partial charge < -0.3 is 5.32 Å². The van der Waals surface area contributed by atoms with Crippen molar-refractivity contribution in [3.63, 3.8) is 0 Å². The molecule has 27 heavy (non-hydrogen) atoms. The maximum Gasteiger partial charge on any atom is 0.219 e. The minimum absolute atomic E-state index is 0.0760. The summed E-state index contributed by atoms with van der Waals surface area (Å²) in [5.74, 6) is 0. The Morgan fingerprint density at radius 1 is 1.11 bits per heavy atom. The molecule has 0 fully saturated rings. The van der Waals surface area contributed by atoms with Crippen molar-refractivity contribution in [2.24, 2.45) is 0 Å². The van der Waals surface area contributed by atoms with Crippen LogP contribution in [0.15, 0.2) is 63.4 Å². The molecule has 0 unspecified atom stereocenters. The molecule has 0 radical (unpaired) electrons. The number of aryl methyl sites for hydroxylation is 1. The molecule has 0 aliphatic rings. The van der Waals surface area contributed by atoms with E-state index in [1.807, 2.05) is 37.3 Å². The minimum Gasteiger partial charge on any atom is -0.349 e. The minimum atomic E-state index is -3.92. The first-order chi connectivity index (χ1) is 12.6. The van der Waals surface area contributed by atoms with Crippen LogP contribution in [-0.4, -0.2) is 14.7 Å². The van der Waals surface area contributed by atoms with Gasteiger partial charge in [-0.1, -0.05) is 45.0 Å². The zero-order chi connectivity index (χ0) is 20.2. The summed E-state index contributed by atoms with van der Waals surface area (Å²) < 4.78 is 26.1. The summed E-state index contributed by atoms with van der Waals surface area (Å²) in [4.78, 5) is -0.162. The van der Waals surface area contributed by atoms with E-state index in [0.29, 0.717) is 5.03 Å². The summed E-state index contributed by atoms with van der Waals surface area (Å²) >= 11 is 1.20. The van der Waals surface area contributed by atoms with E-state index in [4.69, 9.17) is 0 Å². The van der Waals surface area contributed by atoms with E-state index in [0.717, 1.165) is 16.8 Å². The van der Waals surface area contributed by atoms with E-state index in [2.05, 4.69) is 26.1 Å². The number of rotatable bonds is 5. The van der Waals surface area contributed by atoms with Crippen LogP contribution < -0.4 is 5.32 Å². The van der Waals surface area contributed by atoms with E-state index >= 15 is 0 Å². The van der Waals surface area contributed by atoms with Gasteiger partial charge in [-0.05, 0) is 54.0 Å². The molecule has 2 rings (SSSR count). The van der Waals surface area contributed by atoms with Crippen LogP contribution in [0.3, 0.4) is 0 Å². The van der Waals surface area contributed by atoms with Crippen LogP contribution in [0.4, 0.5) is 5.69 Å². The lowest BCUT2D eigenvalue weighted by molar-refractivity contribution is 0.587. The lowest BCUT2D eigenvalue weighted by Crippen LogP contribution is -2.13. The first-order valence-corrected chi connectivity index (χ1v) is 11.2. The third-order valence-electron chi connectivity index (χ3n) is 4.09. The molecule has 2 aromatic carbocycles. The monoisotopic (exact) mass is 400 g/mol. The van der Waals surface area contributed by atoms with Gasteiger partial charge in [-0.2, -0.15) is 5.26 Å². The predicted molar refractivity (Wildman–Crippen MR) is 113 cm³/mol. The van der Waals surface area contributed by atoms with Crippen LogP contribution in [0.5, 0.6) is 0 Å². The van der Waals surface area contributed by atoms with E-state index in [1.54, 1.807) is 30.5 Å². The van der Waals surface area contributed by atoms with Gasteiger partial charge in [0.05, 0.1) is 4.90 Å². The Bertz CT molecular complexity index is 994. The molecular formula is C21H24N2O2S2. The fourth-order valence-corrected chi connectivity index (χ4v) is 4.71. The number of benzene rings is 2. The molecule has 0 spiro atoms. The molecule has 0 aromatic heterocycles. The molecule has 6 heteroatoms. The quantitative estimate of drug-likeness (QED) is 0.696. The SMILES string of the molecule is CSC(Nc1cccc(C)c1)=C(C#N)S(=O)(=O)c1ccc(C(C)(C)C)cc1. The van der Waals surface area contributed by atoms with Gasteiger partial charge in [0.15, 0.2) is 4.91 Å². The highest BCUT2D eigenvalue weighted by Gasteiger charge is 2.26. The summed E-state index contributed by atoms with van der Waals surface area (Å²) in [6.45, 7) is 8.14. The Balaban J connectivity index is 2.48. The number of hydrogen-bond donors (Lipinski definition) is 1. The summed E-state index contributed by atoms with van der Waals surface area (Å²) in [5.41, 5.74) is 2.74. The molecule has 1 N–H and O–H groups in total. The van der Waals surface area contributed by atoms with Gasteiger partial charge in [0.25, 0.3) is 0 Å². The predicted octanol–water partition coefficient (Wildman–Crippen LogP) is 5.23. The average molecular weight is 401 g/mol. The zero-order valence-corrected chi connectivity index (χ0v) is 17.8. The molecule has 0 aliphatic heterocycles.